The average Bonchev–Trinajstić information content (AvgIpc) is 2.86. The number of amides is 1. The molecule has 1 aromatic rings. The lowest BCUT2D eigenvalue weighted by atomic mass is 9.99. The van der Waals surface area contributed by atoms with E-state index in [9.17, 15) is 4.79 Å². The van der Waals surface area contributed by atoms with Crippen LogP contribution in [-0.2, 0) is 4.79 Å². The van der Waals surface area contributed by atoms with Gasteiger partial charge >= 0.3 is 0 Å². The summed E-state index contributed by atoms with van der Waals surface area (Å²) in [5.74, 6) is 0.0135. The van der Waals surface area contributed by atoms with Gasteiger partial charge in [0.15, 0.2) is 0 Å². The molecule has 0 bridgehead atoms. The van der Waals surface area contributed by atoms with Crippen LogP contribution in [-0.4, -0.2) is 42.2 Å². The first-order chi connectivity index (χ1) is 9.27. The largest absolute Gasteiger partial charge is 0.395 e. The van der Waals surface area contributed by atoms with Crippen molar-refractivity contribution in [1.29, 1.82) is 0 Å². The van der Waals surface area contributed by atoms with E-state index in [2.05, 4.69) is 12.2 Å². The third-order valence-electron chi connectivity index (χ3n) is 3.59. The summed E-state index contributed by atoms with van der Waals surface area (Å²) in [5.41, 5.74) is 2.13. The molecule has 1 amide bonds. The Kier molecular flexibility index (Phi) is 4.80. The van der Waals surface area contributed by atoms with E-state index in [0.29, 0.717) is 13.1 Å². The van der Waals surface area contributed by atoms with Crippen LogP contribution in [0.3, 0.4) is 0 Å². The summed E-state index contributed by atoms with van der Waals surface area (Å²) in [6.07, 6.45) is 2.03. The highest BCUT2D eigenvalue weighted by atomic mass is 16.3. The van der Waals surface area contributed by atoms with Gasteiger partial charge in [-0.25, -0.2) is 0 Å². The molecule has 0 saturated heterocycles. The summed E-state index contributed by atoms with van der Waals surface area (Å²) in [4.78, 5) is 14.4. The van der Waals surface area contributed by atoms with Gasteiger partial charge in [-0.2, -0.15) is 0 Å². The lowest BCUT2D eigenvalue weighted by Crippen LogP contribution is -2.38. The summed E-state index contributed by atoms with van der Waals surface area (Å²) in [7, 11) is 0. The van der Waals surface area contributed by atoms with Gasteiger partial charge in [0.25, 0.3) is 0 Å². The van der Waals surface area contributed by atoms with E-state index >= 15 is 0 Å². The van der Waals surface area contributed by atoms with Crippen molar-refractivity contribution >= 4 is 11.6 Å². The van der Waals surface area contributed by atoms with Gasteiger partial charge in [0.1, 0.15) is 0 Å². The second-order valence-electron chi connectivity index (χ2n) is 4.92. The fraction of sp³-hybridized carbons (Fsp3) is 0.533. The molecule has 1 aliphatic rings. The SMILES string of the molecule is CCCCN(CCO)C(=O)C1CNc2ccccc21. The van der Waals surface area contributed by atoms with Crippen molar-refractivity contribution in [3.8, 4) is 0 Å². The number of aliphatic hydroxyl groups excluding tert-OH is 1. The first kappa shape index (κ1) is 13.9. The normalized spacial score (nSPS) is 16.8. The Bertz CT molecular complexity index is 434. The summed E-state index contributed by atoms with van der Waals surface area (Å²) < 4.78 is 0. The van der Waals surface area contributed by atoms with Crippen LogP contribution in [0.1, 0.15) is 31.2 Å². The molecule has 4 heteroatoms. The van der Waals surface area contributed by atoms with E-state index in [1.54, 1.807) is 4.90 Å². The number of hydrogen-bond donors (Lipinski definition) is 2. The number of carbonyl (C=O) groups excluding carboxylic acids is 1. The summed E-state index contributed by atoms with van der Waals surface area (Å²) in [5, 5.41) is 12.4. The third kappa shape index (κ3) is 3.07. The van der Waals surface area contributed by atoms with Gasteiger partial charge in [0, 0.05) is 25.3 Å². The van der Waals surface area contributed by atoms with Crippen molar-refractivity contribution in [2.75, 3.05) is 31.6 Å². The number of nitrogens with one attached hydrogen (secondary N) is 1. The van der Waals surface area contributed by atoms with Crippen molar-refractivity contribution in [3.05, 3.63) is 29.8 Å². The van der Waals surface area contributed by atoms with Crippen LogP contribution < -0.4 is 5.32 Å². The highest BCUT2D eigenvalue weighted by Crippen LogP contribution is 2.32. The van der Waals surface area contributed by atoms with Gasteiger partial charge < -0.3 is 15.3 Å². The first-order valence-electron chi connectivity index (χ1n) is 7.00. The molecule has 2 N–H and O–H groups in total. The van der Waals surface area contributed by atoms with Gasteiger partial charge in [-0.15, -0.1) is 0 Å². The minimum absolute atomic E-state index is 0.0250. The number of fused-ring (bicyclic) bond motifs is 1. The van der Waals surface area contributed by atoms with E-state index in [0.717, 1.165) is 30.6 Å². The molecule has 1 aliphatic heterocycles. The second-order valence-corrected chi connectivity index (χ2v) is 4.92. The van der Waals surface area contributed by atoms with E-state index in [-0.39, 0.29) is 18.4 Å². The smallest absolute Gasteiger partial charge is 0.232 e. The minimum Gasteiger partial charge on any atom is -0.395 e. The Labute approximate surface area is 114 Å². The molecular formula is C15H22N2O2. The molecule has 0 radical (unpaired) electrons. The maximum absolute atomic E-state index is 12.6. The van der Waals surface area contributed by atoms with Gasteiger partial charge in [0.2, 0.25) is 5.91 Å². The van der Waals surface area contributed by atoms with E-state index in [1.165, 1.54) is 0 Å². The zero-order valence-electron chi connectivity index (χ0n) is 11.4. The predicted molar refractivity (Wildman–Crippen MR) is 76.2 cm³/mol. The van der Waals surface area contributed by atoms with Crippen molar-refractivity contribution < 1.29 is 9.90 Å². The Morgan fingerprint density at radius 2 is 2.21 bits per heavy atom. The average molecular weight is 262 g/mol. The quantitative estimate of drug-likeness (QED) is 0.822. The number of anilines is 1. The number of hydrogen-bond acceptors (Lipinski definition) is 3. The number of unbranched alkanes of at least 4 members (excludes halogenated alkanes) is 1. The van der Waals surface area contributed by atoms with E-state index in [4.69, 9.17) is 5.11 Å². The van der Waals surface area contributed by atoms with Crippen molar-refractivity contribution in [1.82, 2.24) is 4.90 Å². The number of rotatable bonds is 6. The van der Waals surface area contributed by atoms with Crippen LogP contribution in [0.2, 0.25) is 0 Å². The maximum Gasteiger partial charge on any atom is 0.232 e. The van der Waals surface area contributed by atoms with Crippen molar-refractivity contribution in [2.24, 2.45) is 0 Å². The van der Waals surface area contributed by atoms with Crippen molar-refractivity contribution in [2.45, 2.75) is 25.7 Å². The predicted octanol–water partition coefficient (Wildman–Crippen LogP) is 1.82. The Morgan fingerprint density at radius 3 is 2.95 bits per heavy atom. The number of nitrogens with zero attached hydrogens (tertiary/aromatic N) is 1. The highest BCUT2D eigenvalue weighted by molar-refractivity contribution is 5.88. The second kappa shape index (κ2) is 6.57. The first-order valence-corrected chi connectivity index (χ1v) is 7.00. The third-order valence-corrected chi connectivity index (χ3v) is 3.59. The zero-order chi connectivity index (χ0) is 13.7. The number of carbonyl (C=O) groups is 1. The number of para-hydroxylation sites is 1. The van der Waals surface area contributed by atoms with Gasteiger partial charge in [-0.05, 0) is 18.1 Å². The molecule has 1 aromatic carbocycles. The molecule has 2 rings (SSSR count). The van der Waals surface area contributed by atoms with Gasteiger partial charge in [-0.3, -0.25) is 4.79 Å². The molecule has 19 heavy (non-hydrogen) atoms. The van der Waals surface area contributed by atoms with E-state index in [1.807, 2.05) is 24.3 Å². The maximum atomic E-state index is 12.6. The van der Waals surface area contributed by atoms with Crippen LogP contribution in [0.4, 0.5) is 5.69 Å². The zero-order valence-corrected chi connectivity index (χ0v) is 11.4. The summed E-state index contributed by atoms with van der Waals surface area (Å²) in [6.45, 7) is 3.95. The lowest BCUT2D eigenvalue weighted by molar-refractivity contribution is -0.133. The molecule has 1 heterocycles. The van der Waals surface area contributed by atoms with Crippen LogP contribution in [0.15, 0.2) is 24.3 Å². The molecular weight excluding hydrogens is 240 g/mol. The topological polar surface area (TPSA) is 52.6 Å². The molecule has 0 saturated carbocycles. The summed E-state index contributed by atoms with van der Waals surface area (Å²) >= 11 is 0. The number of aliphatic hydroxyl groups is 1. The molecule has 1 atom stereocenters. The Balaban J connectivity index is 2.10. The molecule has 1 unspecified atom stereocenters. The summed E-state index contributed by atoms with van der Waals surface area (Å²) in [6, 6.07) is 7.95. The van der Waals surface area contributed by atoms with E-state index < -0.39 is 0 Å². The fourth-order valence-electron chi connectivity index (χ4n) is 2.53. The molecule has 0 fully saturated rings. The monoisotopic (exact) mass is 262 g/mol. The Hall–Kier alpha value is -1.55. The van der Waals surface area contributed by atoms with Crippen LogP contribution in [0.25, 0.3) is 0 Å². The Morgan fingerprint density at radius 1 is 1.42 bits per heavy atom. The molecule has 0 aliphatic carbocycles. The lowest BCUT2D eigenvalue weighted by Gasteiger charge is -2.24. The fourth-order valence-corrected chi connectivity index (χ4v) is 2.53. The molecule has 104 valence electrons. The van der Waals surface area contributed by atoms with Crippen molar-refractivity contribution in [3.63, 3.8) is 0 Å². The minimum atomic E-state index is -0.111. The molecule has 4 nitrogen and oxygen atoms in total. The standard InChI is InChI=1S/C15H22N2O2/c1-2-3-8-17(9-10-18)15(19)13-11-16-14-7-5-4-6-12(13)14/h4-7,13,16,18H,2-3,8-11H2,1H3. The van der Waals surface area contributed by atoms with Crippen LogP contribution in [0.5, 0.6) is 0 Å². The molecule has 0 aromatic heterocycles. The van der Waals surface area contributed by atoms with Crippen LogP contribution >= 0.6 is 0 Å². The van der Waals surface area contributed by atoms with Crippen LogP contribution in [0, 0.1) is 0 Å². The van der Waals surface area contributed by atoms with Gasteiger partial charge in [-0.1, -0.05) is 31.5 Å². The van der Waals surface area contributed by atoms with Gasteiger partial charge in [0.05, 0.1) is 12.5 Å². The number of benzene rings is 1. The highest BCUT2D eigenvalue weighted by Gasteiger charge is 2.31. The molecule has 0 spiro atoms.